The molecule has 0 aliphatic rings. The molecule has 6 aromatic rings. The van der Waals surface area contributed by atoms with Crippen LogP contribution in [-0.4, -0.2) is 9.13 Å². The normalized spacial score (nSPS) is 12.2. The summed E-state index contributed by atoms with van der Waals surface area (Å²) in [5.41, 5.74) is 5.73. The van der Waals surface area contributed by atoms with Gasteiger partial charge >= 0.3 is 0 Å². The molecule has 0 unspecified atom stereocenters. The molecule has 4 aromatic carbocycles. The molecular formula is C46H62N2. The fourth-order valence-electron chi connectivity index (χ4n) is 8.57. The number of rotatable bonds is 20. The van der Waals surface area contributed by atoms with Crippen LogP contribution in [-0.2, 0) is 26.9 Å². The summed E-state index contributed by atoms with van der Waals surface area (Å²) in [6.45, 7) is 4.60. The lowest BCUT2D eigenvalue weighted by molar-refractivity contribution is 0.562. The summed E-state index contributed by atoms with van der Waals surface area (Å²) in [5.74, 6) is 0. The van der Waals surface area contributed by atoms with Crippen molar-refractivity contribution in [1.82, 2.24) is 9.13 Å². The molecule has 0 aliphatic heterocycles. The summed E-state index contributed by atoms with van der Waals surface area (Å²) < 4.78 is 4.97. The largest absolute Gasteiger partial charge is 0.347 e. The first-order chi connectivity index (χ1) is 23.6. The van der Waals surface area contributed by atoms with Crippen LogP contribution in [0.1, 0.15) is 141 Å². The van der Waals surface area contributed by atoms with Gasteiger partial charge in [0.25, 0.3) is 0 Å². The van der Waals surface area contributed by atoms with Crippen molar-refractivity contribution < 1.29 is 0 Å². The van der Waals surface area contributed by atoms with Gasteiger partial charge in [-0.2, -0.15) is 0 Å². The van der Waals surface area contributed by atoms with Gasteiger partial charge in [-0.05, 0) is 59.4 Å². The number of aromatic nitrogens is 2. The van der Waals surface area contributed by atoms with Gasteiger partial charge in [0, 0.05) is 47.0 Å². The van der Waals surface area contributed by atoms with Crippen molar-refractivity contribution in [2.45, 2.75) is 142 Å². The smallest absolute Gasteiger partial charge is 0.0559 e. The maximum Gasteiger partial charge on any atom is 0.0559 e. The highest BCUT2D eigenvalue weighted by atomic mass is 14.9. The van der Waals surface area contributed by atoms with Crippen molar-refractivity contribution in [3.63, 3.8) is 0 Å². The van der Waals surface area contributed by atoms with Crippen LogP contribution in [0.2, 0.25) is 0 Å². The average Bonchev–Trinajstić information content (AvgIpc) is 3.61. The highest BCUT2D eigenvalue weighted by molar-refractivity contribution is 6.24. The minimum atomic E-state index is 1.18. The number of benzene rings is 4. The standard InChI is InChI=1S/C46H62N2/c1-5-7-9-11-13-15-17-19-21-23-37-33-35-25-27-41-39-30-32-44-42(40(39)29-31-43(41)45(35)47(37)3)28-26-36-34-38(48(4)46(36)44)24-22-20-18-16-14-12-10-8-6-2/h25-34H,5-24H2,1-4H3. The molecule has 6 rings (SSSR count). The predicted octanol–water partition coefficient (Wildman–Crippen LogP) is 14.3. The number of unbranched alkanes of at least 4 members (excludes halogenated alkanes) is 16. The van der Waals surface area contributed by atoms with E-state index in [1.165, 1.54) is 194 Å². The van der Waals surface area contributed by atoms with E-state index in [-0.39, 0.29) is 0 Å². The molecule has 0 spiro atoms. The molecule has 48 heavy (non-hydrogen) atoms. The molecule has 0 amide bonds. The molecule has 0 saturated heterocycles. The Morgan fingerprint density at radius 1 is 0.354 bits per heavy atom. The van der Waals surface area contributed by atoms with E-state index in [9.17, 15) is 0 Å². The lowest BCUT2D eigenvalue weighted by Crippen LogP contribution is -1.97. The molecule has 2 aromatic heterocycles. The van der Waals surface area contributed by atoms with Gasteiger partial charge in [-0.3, -0.25) is 0 Å². The van der Waals surface area contributed by atoms with Crippen LogP contribution in [0.3, 0.4) is 0 Å². The quantitative estimate of drug-likeness (QED) is 0.0579. The third-order valence-electron chi connectivity index (χ3n) is 11.5. The molecule has 0 atom stereocenters. The van der Waals surface area contributed by atoms with E-state index in [0.717, 1.165) is 0 Å². The number of hydrogen-bond acceptors (Lipinski definition) is 0. The van der Waals surface area contributed by atoms with E-state index < -0.39 is 0 Å². The Morgan fingerprint density at radius 3 is 1.02 bits per heavy atom. The van der Waals surface area contributed by atoms with Crippen LogP contribution in [0.15, 0.2) is 60.7 Å². The summed E-state index contributed by atoms with van der Waals surface area (Å²) in [5, 5.41) is 11.0. The van der Waals surface area contributed by atoms with E-state index in [1.807, 2.05) is 0 Å². The molecule has 0 fully saturated rings. The molecule has 0 aliphatic carbocycles. The van der Waals surface area contributed by atoms with Crippen molar-refractivity contribution >= 4 is 54.1 Å². The Bertz CT molecular complexity index is 1790. The Hall–Kier alpha value is -3.26. The van der Waals surface area contributed by atoms with Gasteiger partial charge in [0.05, 0.1) is 11.0 Å². The number of nitrogens with zero attached hydrogens (tertiary/aromatic N) is 2. The highest BCUT2D eigenvalue weighted by Crippen LogP contribution is 2.38. The number of aryl methyl sites for hydroxylation is 4. The third kappa shape index (κ3) is 7.64. The van der Waals surface area contributed by atoms with Crippen LogP contribution >= 0.6 is 0 Å². The first kappa shape index (κ1) is 34.6. The van der Waals surface area contributed by atoms with E-state index in [1.54, 1.807) is 0 Å². The van der Waals surface area contributed by atoms with E-state index in [4.69, 9.17) is 0 Å². The molecule has 2 heterocycles. The molecule has 2 nitrogen and oxygen atoms in total. The first-order valence-electron chi connectivity index (χ1n) is 20.0. The van der Waals surface area contributed by atoms with Crippen LogP contribution in [0, 0.1) is 0 Å². The van der Waals surface area contributed by atoms with Gasteiger partial charge in [-0.1, -0.05) is 165 Å². The minimum absolute atomic E-state index is 1.18. The molecule has 0 radical (unpaired) electrons. The summed E-state index contributed by atoms with van der Waals surface area (Å²) in [7, 11) is 4.57. The topological polar surface area (TPSA) is 9.86 Å². The Morgan fingerprint density at radius 2 is 0.646 bits per heavy atom. The maximum atomic E-state index is 2.48. The zero-order valence-corrected chi connectivity index (χ0v) is 30.8. The number of hydrogen-bond donors (Lipinski definition) is 0. The second kappa shape index (κ2) is 16.9. The van der Waals surface area contributed by atoms with Gasteiger partial charge < -0.3 is 9.13 Å². The monoisotopic (exact) mass is 642 g/mol. The first-order valence-corrected chi connectivity index (χ1v) is 20.0. The molecule has 0 N–H and O–H groups in total. The van der Waals surface area contributed by atoms with Crippen molar-refractivity contribution in [3.8, 4) is 0 Å². The summed E-state index contributed by atoms with van der Waals surface area (Å²) >= 11 is 0. The summed E-state index contributed by atoms with van der Waals surface area (Å²) in [6, 6.07) is 23.9. The maximum absolute atomic E-state index is 2.48. The van der Waals surface area contributed by atoms with E-state index in [2.05, 4.69) is 97.7 Å². The number of fused-ring (bicyclic) bond motifs is 9. The average molecular weight is 643 g/mol. The van der Waals surface area contributed by atoms with Gasteiger partial charge in [0.15, 0.2) is 0 Å². The lowest BCUT2D eigenvalue weighted by Gasteiger charge is -2.12. The lowest BCUT2D eigenvalue weighted by atomic mass is 9.95. The zero-order chi connectivity index (χ0) is 33.3. The Kier molecular flexibility index (Phi) is 12.2. The minimum Gasteiger partial charge on any atom is -0.347 e. The fourth-order valence-corrected chi connectivity index (χ4v) is 8.57. The molecule has 256 valence electrons. The van der Waals surface area contributed by atoms with Crippen molar-refractivity contribution in [2.24, 2.45) is 14.1 Å². The summed E-state index contributed by atoms with van der Waals surface area (Å²) in [4.78, 5) is 0. The van der Waals surface area contributed by atoms with Crippen LogP contribution in [0.5, 0.6) is 0 Å². The van der Waals surface area contributed by atoms with Gasteiger partial charge in [0.2, 0.25) is 0 Å². The zero-order valence-electron chi connectivity index (χ0n) is 30.8. The van der Waals surface area contributed by atoms with Gasteiger partial charge in [-0.25, -0.2) is 0 Å². The van der Waals surface area contributed by atoms with Crippen molar-refractivity contribution in [3.05, 3.63) is 72.1 Å². The second-order valence-corrected chi connectivity index (χ2v) is 15.0. The fraction of sp³-hybridized carbons (Fsp3) is 0.522. The Labute approximate surface area is 290 Å². The molecule has 2 heteroatoms. The predicted molar refractivity (Wildman–Crippen MR) is 214 cm³/mol. The molecular weight excluding hydrogens is 581 g/mol. The highest BCUT2D eigenvalue weighted by Gasteiger charge is 2.15. The van der Waals surface area contributed by atoms with Gasteiger partial charge in [-0.15, -0.1) is 0 Å². The van der Waals surface area contributed by atoms with Crippen LogP contribution in [0.25, 0.3) is 54.1 Å². The van der Waals surface area contributed by atoms with Gasteiger partial charge in [0.1, 0.15) is 0 Å². The van der Waals surface area contributed by atoms with Crippen LogP contribution in [0.4, 0.5) is 0 Å². The van der Waals surface area contributed by atoms with Crippen molar-refractivity contribution in [1.29, 1.82) is 0 Å². The third-order valence-corrected chi connectivity index (χ3v) is 11.5. The molecule has 0 saturated carbocycles. The van der Waals surface area contributed by atoms with Crippen molar-refractivity contribution in [2.75, 3.05) is 0 Å². The Balaban J connectivity index is 1.16. The van der Waals surface area contributed by atoms with E-state index in [0.29, 0.717) is 0 Å². The summed E-state index contributed by atoms with van der Waals surface area (Å²) in [6.07, 6.45) is 27.2. The molecule has 0 bridgehead atoms. The van der Waals surface area contributed by atoms with E-state index >= 15 is 0 Å². The second-order valence-electron chi connectivity index (χ2n) is 15.0. The van der Waals surface area contributed by atoms with Crippen LogP contribution < -0.4 is 0 Å². The SMILES string of the molecule is CCCCCCCCCCCc1cc2ccc3c4ccc5c(ccc6cc(CCCCCCCCCCC)n(C)c65)c4ccc3c2n1C.